The van der Waals surface area contributed by atoms with Crippen LogP contribution in [0.5, 0.6) is 5.75 Å². The van der Waals surface area contributed by atoms with Gasteiger partial charge in [-0.25, -0.2) is 0 Å². The summed E-state index contributed by atoms with van der Waals surface area (Å²) < 4.78 is 5.76. The highest BCUT2D eigenvalue weighted by Crippen LogP contribution is 2.18. The minimum absolute atomic E-state index is 0.196. The molecule has 1 aromatic carbocycles. The van der Waals surface area contributed by atoms with Gasteiger partial charge in [0.1, 0.15) is 10.8 Å². The van der Waals surface area contributed by atoms with Crippen LogP contribution in [0.2, 0.25) is 0 Å². The highest BCUT2D eigenvalue weighted by atomic mass is 32.1. The average Bonchev–Trinajstić information content (AvgIpc) is 2.92. The zero-order chi connectivity index (χ0) is 15.2. The van der Waals surface area contributed by atoms with Crippen LogP contribution in [-0.4, -0.2) is 22.2 Å². The van der Waals surface area contributed by atoms with Crippen molar-refractivity contribution in [2.75, 3.05) is 5.32 Å². The number of nitrogens with one attached hydrogen (secondary N) is 1. The Kier molecular flexibility index (Phi) is 5.27. The molecule has 5 nitrogen and oxygen atoms in total. The topological polar surface area (TPSA) is 64.1 Å². The molecule has 1 aromatic heterocycles. The number of aryl methyl sites for hydroxylation is 2. The van der Waals surface area contributed by atoms with Crippen LogP contribution in [0.3, 0.4) is 0 Å². The molecule has 0 saturated carbocycles. The van der Waals surface area contributed by atoms with Crippen LogP contribution >= 0.6 is 11.3 Å². The van der Waals surface area contributed by atoms with Crippen LogP contribution in [0.1, 0.15) is 30.8 Å². The Hall–Kier alpha value is -1.95. The number of benzene rings is 1. The summed E-state index contributed by atoms with van der Waals surface area (Å²) in [5.74, 6) is 0.501. The van der Waals surface area contributed by atoms with Crippen LogP contribution in [0.15, 0.2) is 24.3 Å². The van der Waals surface area contributed by atoms with Crippen molar-refractivity contribution in [1.29, 1.82) is 0 Å². The number of anilines is 1. The first kappa shape index (κ1) is 15.4. The predicted molar refractivity (Wildman–Crippen MR) is 83.8 cm³/mol. The van der Waals surface area contributed by atoms with Gasteiger partial charge in [0.05, 0.1) is 0 Å². The summed E-state index contributed by atoms with van der Waals surface area (Å²) in [6.07, 6.45) is 0.852. The predicted octanol–water partition coefficient (Wildman–Crippen LogP) is 3.21. The van der Waals surface area contributed by atoms with Crippen molar-refractivity contribution in [3.8, 4) is 5.75 Å². The van der Waals surface area contributed by atoms with E-state index in [1.807, 2.05) is 45.0 Å². The van der Waals surface area contributed by atoms with Gasteiger partial charge in [0.15, 0.2) is 6.10 Å². The summed E-state index contributed by atoms with van der Waals surface area (Å²) >= 11 is 1.39. The fourth-order valence-electron chi connectivity index (χ4n) is 1.81. The summed E-state index contributed by atoms with van der Waals surface area (Å²) in [5, 5.41) is 12.1. The average molecular weight is 305 g/mol. The van der Waals surface area contributed by atoms with E-state index >= 15 is 0 Å². The number of nitrogens with zero attached hydrogens (tertiary/aromatic N) is 2. The monoisotopic (exact) mass is 305 g/mol. The summed E-state index contributed by atoms with van der Waals surface area (Å²) in [6.45, 7) is 5.90. The molecule has 1 atom stereocenters. The first-order valence-corrected chi connectivity index (χ1v) is 7.80. The fraction of sp³-hybridized carbons (Fsp3) is 0.400. The molecule has 1 N–H and O–H groups in total. The van der Waals surface area contributed by atoms with E-state index < -0.39 is 6.10 Å². The summed E-state index contributed by atoms with van der Waals surface area (Å²) in [7, 11) is 0. The molecular formula is C15H19N3O2S. The molecule has 1 heterocycles. The SMILES string of the molecule is CCc1nnc(NC(=O)C(CC)Oc2cccc(C)c2)s1. The first-order valence-electron chi connectivity index (χ1n) is 6.99. The lowest BCUT2D eigenvalue weighted by Gasteiger charge is -2.16. The third-order valence-electron chi connectivity index (χ3n) is 2.93. The Bertz CT molecular complexity index is 612. The molecule has 0 aliphatic carbocycles. The fourth-order valence-corrected chi connectivity index (χ4v) is 2.49. The quantitative estimate of drug-likeness (QED) is 0.890. The van der Waals surface area contributed by atoms with E-state index in [0.29, 0.717) is 17.3 Å². The van der Waals surface area contributed by atoms with Gasteiger partial charge in [-0.1, -0.05) is 37.3 Å². The maximum Gasteiger partial charge on any atom is 0.267 e. The molecule has 2 rings (SSSR count). The van der Waals surface area contributed by atoms with Crippen molar-refractivity contribution in [3.05, 3.63) is 34.8 Å². The minimum Gasteiger partial charge on any atom is -0.481 e. The Balaban J connectivity index is 2.01. The number of aromatic nitrogens is 2. The maximum atomic E-state index is 12.2. The van der Waals surface area contributed by atoms with Gasteiger partial charge in [0, 0.05) is 0 Å². The molecule has 0 aliphatic heterocycles. The molecule has 0 aliphatic rings. The number of hydrogen-bond acceptors (Lipinski definition) is 5. The largest absolute Gasteiger partial charge is 0.481 e. The molecule has 0 saturated heterocycles. The molecule has 1 amide bonds. The molecule has 2 aromatic rings. The standard InChI is InChI=1S/C15H19N3O2S/c1-4-12(20-11-8-6-7-10(3)9-11)14(19)16-15-18-17-13(5-2)21-15/h6-9,12H,4-5H2,1-3H3,(H,16,18,19). The van der Waals surface area contributed by atoms with E-state index in [0.717, 1.165) is 17.0 Å². The van der Waals surface area contributed by atoms with Crippen LogP contribution < -0.4 is 10.1 Å². The number of carbonyl (C=O) groups is 1. The zero-order valence-corrected chi connectivity index (χ0v) is 13.2. The number of hydrogen-bond donors (Lipinski definition) is 1. The lowest BCUT2D eigenvalue weighted by atomic mass is 10.2. The highest BCUT2D eigenvalue weighted by Gasteiger charge is 2.20. The van der Waals surface area contributed by atoms with Gasteiger partial charge in [-0.05, 0) is 37.5 Å². The molecular weight excluding hydrogens is 286 g/mol. The lowest BCUT2D eigenvalue weighted by Crippen LogP contribution is -2.32. The molecule has 0 bridgehead atoms. The van der Waals surface area contributed by atoms with Gasteiger partial charge in [-0.3, -0.25) is 10.1 Å². The van der Waals surface area contributed by atoms with Crippen LogP contribution in [0.4, 0.5) is 5.13 Å². The van der Waals surface area contributed by atoms with Crippen molar-refractivity contribution in [1.82, 2.24) is 10.2 Å². The first-order chi connectivity index (χ1) is 10.1. The van der Waals surface area contributed by atoms with Crippen molar-refractivity contribution < 1.29 is 9.53 Å². The summed E-state index contributed by atoms with van der Waals surface area (Å²) in [4.78, 5) is 12.2. The van der Waals surface area contributed by atoms with Crippen LogP contribution in [0, 0.1) is 6.92 Å². The van der Waals surface area contributed by atoms with E-state index in [1.165, 1.54) is 11.3 Å². The second-order valence-electron chi connectivity index (χ2n) is 4.68. The van der Waals surface area contributed by atoms with Crippen molar-refractivity contribution in [2.45, 2.75) is 39.7 Å². The van der Waals surface area contributed by atoms with E-state index in [4.69, 9.17) is 4.74 Å². The normalized spacial score (nSPS) is 12.0. The summed E-state index contributed by atoms with van der Waals surface area (Å²) in [5.41, 5.74) is 1.10. The zero-order valence-electron chi connectivity index (χ0n) is 12.4. The summed E-state index contributed by atoms with van der Waals surface area (Å²) in [6, 6.07) is 7.66. The second-order valence-corrected chi connectivity index (χ2v) is 5.74. The molecule has 0 fully saturated rings. The molecule has 112 valence electrons. The highest BCUT2D eigenvalue weighted by molar-refractivity contribution is 7.15. The molecule has 0 spiro atoms. The van der Waals surface area contributed by atoms with E-state index in [9.17, 15) is 4.79 Å². The Labute approximate surface area is 128 Å². The van der Waals surface area contributed by atoms with Crippen LogP contribution in [-0.2, 0) is 11.2 Å². The molecule has 21 heavy (non-hydrogen) atoms. The van der Waals surface area contributed by atoms with Gasteiger partial charge < -0.3 is 4.74 Å². The maximum absolute atomic E-state index is 12.2. The number of ether oxygens (including phenoxy) is 1. The number of amides is 1. The third kappa shape index (κ3) is 4.26. The van der Waals surface area contributed by atoms with Gasteiger partial charge in [-0.15, -0.1) is 10.2 Å². The van der Waals surface area contributed by atoms with Gasteiger partial charge in [0.25, 0.3) is 5.91 Å². The van der Waals surface area contributed by atoms with Gasteiger partial charge in [-0.2, -0.15) is 0 Å². The minimum atomic E-state index is -0.541. The smallest absolute Gasteiger partial charge is 0.267 e. The van der Waals surface area contributed by atoms with Crippen molar-refractivity contribution in [3.63, 3.8) is 0 Å². The van der Waals surface area contributed by atoms with E-state index in [2.05, 4.69) is 15.5 Å². The van der Waals surface area contributed by atoms with E-state index in [1.54, 1.807) is 0 Å². The van der Waals surface area contributed by atoms with Crippen molar-refractivity contribution in [2.24, 2.45) is 0 Å². The van der Waals surface area contributed by atoms with Crippen LogP contribution in [0.25, 0.3) is 0 Å². The van der Waals surface area contributed by atoms with E-state index in [-0.39, 0.29) is 5.91 Å². The lowest BCUT2D eigenvalue weighted by molar-refractivity contribution is -0.122. The molecule has 6 heteroatoms. The number of carbonyl (C=O) groups excluding carboxylic acids is 1. The Morgan fingerprint density at radius 1 is 1.38 bits per heavy atom. The Morgan fingerprint density at radius 2 is 2.19 bits per heavy atom. The van der Waals surface area contributed by atoms with Crippen molar-refractivity contribution >= 4 is 22.4 Å². The van der Waals surface area contributed by atoms with Gasteiger partial charge >= 0.3 is 0 Å². The molecule has 1 unspecified atom stereocenters. The second kappa shape index (κ2) is 7.17. The van der Waals surface area contributed by atoms with Gasteiger partial charge in [0.2, 0.25) is 5.13 Å². The third-order valence-corrected chi connectivity index (χ3v) is 3.91. The number of rotatable bonds is 6. The molecule has 0 radical (unpaired) electrons. The Morgan fingerprint density at radius 3 is 2.81 bits per heavy atom.